The average Bonchev–Trinajstić information content (AvgIpc) is 2.63. The van der Waals surface area contributed by atoms with E-state index < -0.39 is 29.0 Å². The maximum absolute atomic E-state index is 13.3. The number of carbonyl (C=O) groups excluding carboxylic acids is 1. The van der Waals surface area contributed by atoms with Crippen LogP contribution in [0.4, 0.5) is 8.78 Å². The Morgan fingerprint density at radius 3 is 2.43 bits per heavy atom. The van der Waals surface area contributed by atoms with Crippen LogP contribution in [0.25, 0.3) is 11.3 Å². The summed E-state index contributed by atoms with van der Waals surface area (Å²) in [4.78, 5) is 24.8. The first-order valence-corrected chi connectivity index (χ1v) is 8.62. The van der Waals surface area contributed by atoms with Crippen molar-refractivity contribution in [1.82, 2.24) is 9.78 Å². The summed E-state index contributed by atoms with van der Waals surface area (Å²) in [5, 5.41) is 14.1. The fourth-order valence-corrected chi connectivity index (χ4v) is 2.82. The molecule has 0 saturated heterocycles. The number of Topliss-reactive ketones (excluding diaryl/α,β-unsaturated/α-hetero) is 1. The van der Waals surface area contributed by atoms with Gasteiger partial charge in [0.25, 0.3) is 5.56 Å². The zero-order valence-corrected chi connectivity index (χ0v) is 15.3. The van der Waals surface area contributed by atoms with Gasteiger partial charge in [-0.25, -0.2) is 13.5 Å². The first-order chi connectivity index (χ1) is 13.2. The molecule has 0 amide bonds. The second-order valence-corrected chi connectivity index (χ2v) is 6.60. The minimum atomic E-state index is -0.933. The third-order valence-electron chi connectivity index (χ3n) is 4.46. The van der Waals surface area contributed by atoms with E-state index in [1.165, 1.54) is 25.1 Å². The van der Waals surface area contributed by atoms with Gasteiger partial charge < -0.3 is 5.11 Å². The number of halogens is 2. The Kier molecular flexibility index (Phi) is 5.35. The van der Waals surface area contributed by atoms with Crippen LogP contribution in [-0.4, -0.2) is 20.7 Å². The first-order valence-electron chi connectivity index (χ1n) is 8.62. The SMILES string of the molecule is Cc1ccc(-c2ccc(=O)n(C(C)C(=O)Cc3cc(F)cc(F)c3)n2)cc1O. The number of carbonyl (C=O) groups is 1. The van der Waals surface area contributed by atoms with E-state index in [0.29, 0.717) is 16.8 Å². The molecule has 0 aliphatic rings. The molecule has 2 aromatic carbocycles. The minimum absolute atomic E-state index is 0.0919. The van der Waals surface area contributed by atoms with Crippen LogP contribution in [0.2, 0.25) is 0 Å². The number of hydrogen-bond acceptors (Lipinski definition) is 4. The quantitative estimate of drug-likeness (QED) is 0.730. The Morgan fingerprint density at radius 2 is 1.79 bits per heavy atom. The fraction of sp³-hybridized carbons (Fsp3) is 0.190. The van der Waals surface area contributed by atoms with Crippen LogP contribution in [0.3, 0.4) is 0 Å². The van der Waals surface area contributed by atoms with Gasteiger partial charge >= 0.3 is 0 Å². The molecule has 144 valence electrons. The van der Waals surface area contributed by atoms with Crippen molar-refractivity contribution in [3.8, 4) is 17.0 Å². The molecule has 3 rings (SSSR count). The van der Waals surface area contributed by atoms with E-state index in [-0.39, 0.29) is 17.7 Å². The van der Waals surface area contributed by atoms with E-state index in [2.05, 4.69) is 5.10 Å². The van der Waals surface area contributed by atoms with Crippen molar-refractivity contribution in [2.24, 2.45) is 0 Å². The lowest BCUT2D eigenvalue weighted by Crippen LogP contribution is -2.30. The molecule has 28 heavy (non-hydrogen) atoms. The van der Waals surface area contributed by atoms with Gasteiger partial charge in [0.15, 0.2) is 5.78 Å². The van der Waals surface area contributed by atoms with E-state index >= 15 is 0 Å². The van der Waals surface area contributed by atoms with Gasteiger partial charge in [0.1, 0.15) is 23.4 Å². The van der Waals surface area contributed by atoms with Crippen molar-refractivity contribution in [3.63, 3.8) is 0 Å². The molecule has 1 unspecified atom stereocenters. The van der Waals surface area contributed by atoms with E-state index in [0.717, 1.165) is 22.9 Å². The Bertz CT molecular complexity index is 1090. The van der Waals surface area contributed by atoms with Gasteiger partial charge in [-0.1, -0.05) is 12.1 Å². The van der Waals surface area contributed by atoms with Gasteiger partial charge in [0, 0.05) is 24.1 Å². The van der Waals surface area contributed by atoms with Crippen molar-refractivity contribution in [3.05, 3.63) is 81.6 Å². The Hall–Kier alpha value is -3.35. The van der Waals surface area contributed by atoms with Gasteiger partial charge in [0.2, 0.25) is 0 Å². The van der Waals surface area contributed by atoms with Gasteiger partial charge in [0.05, 0.1) is 5.69 Å². The number of benzene rings is 2. The van der Waals surface area contributed by atoms with Crippen molar-refractivity contribution in [1.29, 1.82) is 0 Å². The normalized spacial score (nSPS) is 12.0. The number of rotatable bonds is 5. The number of aromatic nitrogens is 2. The molecule has 7 heteroatoms. The summed E-state index contributed by atoms with van der Waals surface area (Å²) in [7, 11) is 0. The third kappa shape index (κ3) is 4.14. The zero-order valence-electron chi connectivity index (χ0n) is 15.3. The molecule has 3 aromatic rings. The van der Waals surface area contributed by atoms with Crippen LogP contribution in [0.5, 0.6) is 5.75 Å². The summed E-state index contributed by atoms with van der Waals surface area (Å²) in [5.74, 6) is -1.86. The molecule has 0 saturated carbocycles. The highest BCUT2D eigenvalue weighted by Gasteiger charge is 2.19. The van der Waals surface area contributed by atoms with Gasteiger partial charge in [-0.3, -0.25) is 9.59 Å². The van der Waals surface area contributed by atoms with Gasteiger partial charge in [-0.05, 0) is 49.2 Å². The Labute approximate surface area is 159 Å². The molecule has 1 heterocycles. The summed E-state index contributed by atoms with van der Waals surface area (Å²) in [6, 6.07) is 9.72. The average molecular weight is 384 g/mol. The molecule has 0 fully saturated rings. The second kappa shape index (κ2) is 7.72. The van der Waals surface area contributed by atoms with Crippen molar-refractivity contribution in [2.45, 2.75) is 26.3 Å². The summed E-state index contributed by atoms with van der Waals surface area (Å²) < 4.78 is 27.7. The predicted octanol–water partition coefficient (Wildman–Crippen LogP) is 3.58. The summed E-state index contributed by atoms with van der Waals surface area (Å²) in [6.45, 7) is 3.26. The number of aromatic hydroxyl groups is 1. The van der Waals surface area contributed by atoms with Crippen LogP contribution in [-0.2, 0) is 11.2 Å². The second-order valence-electron chi connectivity index (χ2n) is 6.60. The summed E-state index contributed by atoms with van der Waals surface area (Å²) >= 11 is 0. The van der Waals surface area contributed by atoms with Crippen LogP contribution in [0.15, 0.2) is 53.3 Å². The van der Waals surface area contributed by atoms with E-state index in [1.807, 2.05) is 0 Å². The molecule has 0 radical (unpaired) electrons. The van der Waals surface area contributed by atoms with Crippen LogP contribution in [0.1, 0.15) is 24.1 Å². The van der Waals surface area contributed by atoms with Crippen molar-refractivity contribution in [2.75, 3.05) is 0 Å². The van der Waals surface area contributed by atoms with Gasteiger partial charge in [-0.15, -0.1) is 0 Å². The zero-order chi connectivity index (χ0) is 20.4. The number of nitrogens with zero attached hydrogens (tertiary/aromatic N) is 2. The van der Waals surface area contributed by atoms with Crippen molar-refractivity contribution >= 4 is 5.78 Å². The monoisotopic (exact) mass is 384 g/mol. The highest BCUT2D eigenvalue weighted by atomic mass is 19.1. The standard InChI is InChI=1S/C21H18F2N2O3/c1-12-3-4-15(10-19(12)26)18-5-6-21(28)25(24-18)13(2)20(27)9-14-7-16(22)11-17(23)8-14/h3-8,10-11,13,26H,9H2,1-2H3. The van der Waals surface area contributed by atoms with E-state index in [4.69, 9.17) is 0 Å². The molecule has 1 atom stereocenters. The predicted molar refractivity (Wildman–Crippen MR) is 100 cm³/mol. The molecule has 0 bridgehead atoms. The molecular weight excluding hydrogens is 366 g/mol. The minimum Gasteiger partial charge on any atom is -0.508 e. The Balaban J connectivity index is 1.90. The van der Waals surface area contributed by atoms with Crippen LogP contribution in [0, 0.1) is 18.6 Å². The van der Waals surface area contributed by atoms with Crippen LogP contribution < -0.4 is 5.56 Å². The van der Waals surface area contributed by atoms with Crippen molar-refractivity contribution < 1.29 is 18.7 Å². The molecule has 0 aliphatic heterocycles. The number of hydrogen-bond donors (Lipinski definition) is 1. The largest absolute Gasteiger partial charge is 0.508 e. The topological polar surface area (TPSA) is 72.2 Å². The molecule has 1 N–H and O–H groups in total. The first kappa shape index (κ1) is 19.4. The molecule has 1 aromatic heterocycles. The van der Waals surface area contributed by atoms with Gasteiger partial charge in [-0.2, -0.15) is 5.10 Å². The fourth-order valence-electron chi connectivity index (χ4n) is 2.82. The lowest BCUT2D eigenvalue weighted by atomic mass is 10.0. The number of ketones is 1. The highest BCUT2D eigenvalue weighted by Crippen LogP contribution is 2.24. The third-order valence-corrected chi connectivity index (χ3v) is 4.46. The number of aryl methyl sites for hydroxylation is 1. The highest BCUT2D eigenvalue weighted by molar-refractivity contribution is 5.84. The summed E-state index contributed by atoms with van der Waals surface area (Å²) in [5.41, 5.74) is 1.39. The maximum atomic E-state index is 13.3. The maximum Gasteiger partial charge on any atom is 0.267 e. The molecule has 0 spiro atoms. The molecule has 0 aliphatic carbocycles. The summed E-state index contributed by atoms with van der Waals surface area (Å²) in [6.07, 6.45) is -0.237. The smallest absolute Gasteiger partial charge is 0.267 e. The lowest BCUT2D eigenvalue weighted by molar-refractivity contribution is -0.121. The lowest BCUT2D eigenvalue weighted by Gasteiger charge is -2.14. The number of phenols is 1. The van der Waals surface area contributed by atoms with E-state index in [1.54, 1.807) is 19.1 Å². The van der Waals surface area contributed by atoms with E-state index in [9.17, 15) is 23.5 Å². The Morgan fingerprint density at radius 1 is 1.11 bits per heavy atom. The molecule has 5 nitrogen and oxygen atoms in total. The van der Waals surface area contributed by atoms with Crippen LogP contribution >= 0.6 is 0 Å². The number of phenolic OH excluding ortho intramolecular Hbond substituents is 1. The molecular formula is C21H18F2N2O3.